The number of nitrogens with one attached hydrogen (secondary N) is 3. The van der Waals surface area contributed by atoms with E-state index >= 15 is 0 Å². The van der Waals surface area contributed by atoms with E-state index in [4.69, 9.17) is 0 Å². The van der Waals surface area contributed by atoms with E-state index in [1.54, 1.807) is 24.3 Å². The first kappa shape index (κ1) is 19.2. The molecular formula is C23H23N3O2. The van der Waals surface area contributed by atoms with Gasteiger partial charge in [0.15, 0.2) is 0 Å². The average molecular weight is 373 g/mol. The van der Waals surface area contributed by atoms with Crippen LogP contribution in [-0.4, -0.2) is 17.9 Å². The molecule has 3 aromatic rings. The van der Waals surface area contributed by atoms with E-state index in [1.165, 1.54) is 6.92 Å². The van der Waals surface area contributed by atoms with Crippen LogP contribution >= 0.6 is 0 Å². The van der Waals surface area contributed by atoms with Crippen molar-refractivity contribution in [3.8, 4) is 11.1 Å². The standard InChI is InChI=1S/C23H23N3O2/c1-16(23(28)26-22-14-12-21(13-15-22)25-17(2)27)24-20-10-8-19(9-11-20)18-6-4-3-5-7-18/h3-16,24H,1-2H3,(H,25,27)(H,26,28). The van der Waals surface area contributed by atoms with Gasteiger partial charge in [0.25, 0.3) is 0 Å². The maximum Gasteiger partial charge on any atom is 0.246 e. The molecule has 3 rings (SSSR count). The summed E-state index contributed by atoms with van der Waals surface area (Å²) in [7, 11) is 0. The van der Waals surface area contributed by atoms with Gasteiger partial charge in [-0.05, 0) is 54.4 Å². The van der Waals surface area contributed by atoms with Crippen molar-refractivity contribution in [3.63, 3.8) is 0 Å². The Labute approximate surface area is 164 Å². The second-order valence-corrected chi connectivity index (χ2v) is 6.56. The molecule has 142 valence electrons. The Balaban J connectivity index is 1.57. The van der Waals surface area contributed by atoms with Crippen molar-refractivity contribution < 1.29 is 9.59 Å². The van der Waals surface area contributed by atoms with Gasteiger partial charge in [0.2, 0.25) is 11.8 Å². The summed E-state index contributed by atoms with van der Waals surface area (Å²) in [6, 6.07) is 24.7. The lowest BCUT2D eigenvalue weighted by Crippen LogP contribution is -2.31. The maximum atomic E-state index is 12.4. The van der Waals surface area contributed by atoms with E-state index in [0.29, 0.717) is 11.4 Å². The zero-order chi connectivity index (χ0) is 19.9. The minimum Gasteiger partial charge on any atom is -0.374 e. The molecule has 0 aliphatic heterocycles. The number of amides is 2. The zero-order valence-electron chi connectivity index (χ0n) is 15.9. The lowest BCUT2D eigenvalue weighted by atomic mass is 10.1. The Morgan fingerprint density at radius 2 is 1.18 bits per heavy atom. The van der Waals surface area contributed by atoms with E-state index < -0.39 is 6.04 Å². The van der Waals surface area contributed by atoms with Crippen molar-refractivity contribution in [1.29, 1.82) is 0 Å². The normalized spacial score (nSPS) is 11.4. The molecule has 0 aromatic heterocycles. The maximum absolute atomic E-state index is 12.4. The van der Waals surface area contributed by atoms with Gasteiger partial charge in [0.1, 0.15) is 6.04 Å². The van der Waals surface area contributed by atoms with Crippen LogP contribution in [0.25, 0.3) is 11.1 Å². The highest BCUT2D eigenvalue weighted by Gasteiger charge is 2.13. The fraction of sp³-hybridized carbons (Fsp3) is 0.130. The summed E-state index contributed by atoms with van der Waals surface area (Å²) < 4.78 is 0. The highest BCUT2D eigenvalue weighted by atomic mass is 16.2. The molecule has 0 fully saturated rings. The number of rotatable bonds is 6. The van der Waals surface area contributed by atoms with Gasteiger partial charge in [-0.15, -0.1) is 0 Å². The highest BCUT2D eigenvalue weighted by molar-refractivity contribution is 5.96. The first-order chi connectivity index (χ1) is 13.5. The molecule has 3 N–H and O–H groups in total. The number of hydrogen-bond acceptors (Lipinski definition) is 3. The third-order valence-electron chi connectivity index (χ3n) is 4.24. The molecule has 3 aromatic carbocycles. The van der Waals surface area contributed by atoms with Crippen LogP contribution in [0.1, 0.15) is 13.8 Å². The zero-order valence-corrected chi connectivity index (χ0v) is 15.9. The summed E-state index contributed by atoms with van der Waals surface area (Å²) in [4.78, 5) is 23.5. The molecule has 0 saturated heterocycles. The highest BCUT2D eigenvalue weighted by Crippen LogP contribution is 2.21. The van der Waals surface area contributed by atoms with Crippen LogP contribution in [0.4, 0.5) is 17.1 Å². The third kappa shape index (κ3) is 5.20. The van der Waals surface area contributed by atoms with Crippen LogP contribution in [-0.2, 0) is 9.59 Å². The molecule has 28 heavy (non-hydrogen) atoms. The SMILES string of the molecule is CC(=O)Nc1ccc(NC(=O)C(C)Nc2ccc(-c3ccccc3)cc2)cc1. The van der Waals surface area contributed by atoms with Gasteiger partial charge < -0.3 is 16.0 Å². The van der Waals surface area contributed by atoms with Crippen LogP contribution in [0.5, 0.6) is 0 Å². The summed E-state index contributed by atoms with van der Waals surface area (Å²) in [5, 5.41) is 8.77. The van der Waals surface area contributed by atoms with Crippen LogP contribution in [0.3, 0.4) is 0 Å². The summed E-state index contributed by atoms with van der Waals surface area (Å²) in [5.41, 5.74) is 4.52. The molecule has 0 heterocycles. The van der Waals surface area contributed by atoms with Crippen LogP contribution < -0.4 is 16.0 Å². The van der Waals surface area contributed by atoms with E-state index in [9.17, 15) is 9.59 Å². The van der Waals surface area contributed by atoms with Gasteiger partial charge in [-0.2, -0.15) is 0 Å². The largest absolute Gasteiger partial charge is 0.374 e. The van der Waals surface area contributed by atoms with Crippen LogP contribution in [0, 0.1) is 0 Å². The van der Waals surface area contributed by atoms with Gasteiger partial charge in [-0.1, -0.05) is 42.5 Å². The number of hydrogen-bond donors (Lipinski definition) is 3. The van der Waals surface area contributed by atoms with Gasteiger partial charge in [-0.25, -0.2) is 0 Å². The Morgan fingerprint density at radius 3 is 1.75 bits per heavy atom. The third-order valence-corrected chi connectivity index (χ3v) is 4.24. The van der Waals surface area contributed by atoms with E-state index in [-0.39, 0.29) is 11.8 Å². The van der Waals surface area contributed by atoms with Crippen molar-refractivity contribution in [2.24, 2.45) is 0 Å². The lowest BCUT2D eigenvalue weighted by Gasteiger charge is -2.16. The van der Waals surface area contributed by atoms with Crippen LogP contribution in [0.2, 0.25) is 0 Å². The smallest absolute Gasteiger partial charge is 0.246 e. The van der Waals surface area contributed by atoms with Gasteiger partial charge in [0, 0.05) is 24.0 Å². The number of benzene rings is 3. The average Bonchev–Trinajstić information content (AvgIpc) is 2.70. The Hall–Kier alpha value is -3.60. The van der Waals surface area contributed by atoms with Crippen molar-refractivity contribution in [2.45, 2.75) is 19.9 Å². The summed E-state index contributed by atoms with van der Waals surface area (Å²) in [6.07, 6.45) is 0. The van der Waals surface area contributed by atoms with Gasteiger partial charge >= 0.3 is 0 Å². The molecule has 5 heteroatoms. The number of anilines is 3. The van der Waals surface area contributed by atoms with Crippen molar-refractivity contribution in [3.05, 3.63) is 78.9 Å². The van der Waals surface area contributed by atoms with E-state index in [1.807, 2.05) is 49.4 Å². The monoisotopic (exact) mass is 373 g/mol. The second-order valence-electron chi connectivity index (χ2n) is 6.56. The molecular weight excluding hydrogens is 350 g/mol. The quantitative estimate of drug-likeness (QED) is 0.584. The molecule has 0 spiro atoms. The van der Waals surface area contributed by atoms with E-state index in [0.717, 1.165) is 16.8 Å². The molecule has 0 aliphatic carbocycles. The lowest BCUT2D eigenvalue weighted by molar-refractivity contribution is -0.116. The van der Waals surface area contributed by atoms with E-state index in [2.05, 4.69) is 28.1 Å². The molecule has 2 amide bonds. The molecule has 1 atom stereocenters. The summed E-state index contributed by atoms with van der Waals surface area (Å²) in [5.74, 6) is -0.271. The Morgan fingerprint density at radius 1 is 0.679 bits per heavy atom. The fourth-order valence-corrected chi connectivity index (χ4v) is 2.80. The first-order valence-electron chi connectivity index (χ1n) is 9.12. The minimum absolute atomic E-state index is 0.132. The van der Waals surface area contributed by atoms with Gasteiger partial charge in [0.05, 0.1) is 0 Å². The molecule has 0 aliphatic rings. The predicted octanol–water partition coefficient (Wildman–Crippen LogP) is 4.75. The molecule has 0 saturated carbocycles. The van der Waals surface area contributed by atoms with Gasteiger partial charge in [-0.3, -0.25) is 9.59 Å². The number of carbonyl (C=O) groups excluding carboxylic acids is 2. The Kier molecular flexibility index (Phi) is 6.07. The summed E-state index contributed by atoms with van der Waals surface area (Å²) >= 11 is 0. The first-order valence-corrected chi connectivity index (χ1v) is 9.12. The van der Waals surface area contributed by atoms with Crippen molar-refractivity contribution in [1.82, 2.24) is 0 Å². The molecule has 5 nitrogen and oxygen atoms in total. The Bertz CT molecular complexity index is 936. The predicted molar refractivity (Wildman–Crippen MR) is 114 cm³/mol. The summed E-state index contributed by atoms with van der Waals surface area (Å²) in [6.45, 7) is 3.27. The van der Waals surface area contributed by atoms with Crippen molar-refractivity contribution >= 4 is 28.9 Å². The molecule has 0 bridgehead atoms. The minimum atomic E-state index is -0.405. The van der Waals surface area contributed by atoms with Crippen molar-refractivity contribution in [2.75, 3.05) is 16.0 Å². The van der Waals surface area contributed by atoms with Crippen LogP contribution in [0.15, 0.2) is 78.9 Å². The number of carbonyl (C=O) groups is 2. The molecule has 1 unspecified atom stereocenters. The topological polar surface area (TPSA) is 70.2 Å². The second kappa shape index (κ2) is 8.86. The fourth-order valence-electron chi connectivity index (χ4n) is 2.80. The molecule has 0 radical (unpaired) electrons.